The van der Waals surface area contributed by atoms with Gasteiger partial charge in [-0.3, -0.25) is 5.32 Å². The van der Waals surface area contributed by atoms with Crippen molar-refractivity contribution in [2.24, 2.45) is 5.92 Å². The van der Waals surface area contributed by atoms with Crippen LogP contribution >= 0.6 is 0 Å². The van der Waals surface area contributed by atoms with Crippen molar-refractivity contribution >= 4 is 0 Å². The lowest BCUT2D eigenvalue weighted by Gasteiger charge is -2.28. The summed E-state index contributed by atoms with van der Waals surface area (Å²) in [6.45, 7) is 3.55. The highest BCUT2D eigenvalue weighted by atomic mass is 19.4. The second kappa shape index (κ2) is 5.28. The third kappa shape index (κ3) is 3.46. The number of halogens is 3. The Labute approximate surface area is 104 Å². The Morgan fingerprint density at radius 2 is 2.17 bits per heavy atom. The molecule has 1 aromatic rings. The maximum absolute atomic E-state index is 12.6. The predicted octanol–water partition coefficient (Wildman–Crippen LogP) is 2.83. The molecule has 0 aliphatic carbocycles. The molecular weight excluding hydrogens is 243 g/mol. The van der Waals surface area contributed by atoms with Crippen LogP contribution in [-0.4, -0.2) is 19.4 Å². The van der Waals surface area contributed by atoms with E-state index in [4.69, 9.17) is 4.74 Å². The number of rotatable bonds is 2. The van der Waals surface area contributed by atoms with Gasteiger partial charge in [0.05, 0.1) is 12.2 Å². The van der Waals surface area contributed by atoms with Gasteiger partial charge in [0.2, 0.25) is 0 Å². The van der Waals surface area contributed by atoms with Crippen LogP contribution in [0.5, 0.6) is 0 Å². The van der Waals surface area contributed by atoms with E-state index in [0.717, 1.165) is 12.6 Å². The summed E-state index contributed by atoms with van der Waals surface area (Å²) < 4.78 is 43.2. The van der Waals surface area contributed by atoms with Crippen LogP contribution in [0.1, 0.15) is 18.1 Å². The van der Waals surface area contributed by atoms with Crippen molar-refractivity contribution < 1.29 is 17.9 Å². The highest BCUT2D eigenvalue weighted by Gasteiger charge is 2.30. The largest absolute Gasteiger partial charge is 0.416 e. The average molecular weight is 259 g/mol. The lowest BCUT2D eigenvalue weighted by Crippen LogP contribution is -2.43. The molecule has 1 heterocycles. The highest BCUT2D eigenvalue weighted by Crippen LogP contribution is 2.29. The number of ether oxygens (including phenoxy) is 1. The lowest BCUT2D eigenvalue weighted by atomic mass is 10.1. The molecule has 100 valence electrons. The molecule has 1 fully saturated rings. The van der Waals surface area contributed by atoms with Crippen molar-refractivity contribution in [3.05, 3.63) is 35.4 Å². The maximum atomic E-state index is 12.6. The zero-order chi connectivity index (χ0) is 13.2. The van der Waals surface area contributed by atoms with E-state index in [-0.39, 0.29) is 6.23 Å². The molecule has 18 heavy (non-hydrogen) atoms. The zero-order valence-electron chi connectivity index (χ0n) is 10.1. The van der Waals surface area contributed by atoms with Crippen molar-refractivity contribution in [2.45, 2.75) is 25.7 Å². The van der Waals surface area contributed by atoms with Gasteiger partial charge in [-0.05, 0) is 17.5 Å². The average Bonchev–Trinajstić information content (AvgIpc) is 2.31. The third-order valence-corrected chi connectivity index (χ3v) is 2.95. The summed E-state index contributed by atoms with van der Waals surface area (Å²) in [7, 11) is 0. The second-order valence-corrected chi connectivity index (χ2v) is 4.74. The summed E-state index contributed by atoms with van der Waals surface area (Å²) in [5.41, 5.74) is 0.0288. The van der Waals surface area contributed by atoms with Crippen LogP contribution in [0.25, 0.3) is 0 Å². The highest BCUT2D eigenvalue weighted by molar-refractivity contribution is 5.26. The predicted molar refractivity (Wildman–Crippen MR) is 62.1 cm³/mol. The molecule has 2 unspecified atom stereocenters. The molecule has 5 heteroatoms. The molecule has 1 saturated heterocycles. The van der Waals surface area contributed by atoms with Gasteiger partial charge in [-0.2, -0.15) is 13.2 Å². The van der Waals surface area contributed by atoms with Crippen LogP contribution in [0.3, 0.4) is 0 Å². The fourth-order valence-corrected chi connectivity index (χ4v) is 1.95. The normalized spacial score (nSPS) is 25.1. The van der Waals surface area contributed by atoms with Crippen molar-refractivity contribution in [3.63, 3.8) is 0 Å². The molecule has 1 aliphatic rings. The molecular formula is C13H16F3NO. The molecule has 0 aromatic heterocycles. The second-order valence-electron chi connectivity index (χ2n) is 4.74. The number of nitrogens with one attached hydrogen (secondary N) is 1. The fraction of sp³-hybridized carbons (Fsp3) is 0.538. The minimum absolute atomic E-state index is 0.190. The molecule has 0 saturated carbocycles. The monoisotopic (exact) mass is 259 g/mol. The number of hydrogen-bond acceptors (Lipinski definition) is 2. The van der Waals surface area contributed by atoms with E-state index in [2.05, 4.69) is 12.2 Å². The first-order chi connectivity index (χ1) is 8.45. The van der Waals surface area contributed by atoms with E-state index in [1.165, 1.54) is 12.1 Å². The van der Waals surface area contributed by atoms with Crippen molar-refractivity contribution in [2.75, 3.05) is 13.2 Å². The summed E-state index contributed by atoms with van der Waals surface area (Å²) in [6, 6.07) is 5.39. The first-order valence-corrected chi connectivity index (χ1v) is 5.96. The summed E-state index contributed by atoms with van der Waals surface area (Å²) in [5.74, 6) is 0.447. The van der Waals surface area contributed by atoms with Crippen molar-refractivity contribution in [3.8, 4) is 0 Å². The Morgan fingerprint density at radius 1 is 1.39 bits per heavy atom. The first kappa shape index (κ1) is 13.4. The third-order valence-electron chi connectivity index (χ3n) is 2.95. The summed E-state index contributed by atoms with van der Waals surface area (Å²) in [4.78, 5) is 0. The Morgan fingerprint density at radius 3 is 2.78 bits per heavy atom. The molecule has 1 N–H and O–H groups in total. The Hall–Kier alpha value is -1.07. The SMILES string of the molecule is CC1CNC(Cc2cccc(C(F)(F)F)c2)OC1. The van der Waals surface area contributed by atoms with Crippen LogP contribution in [0.2, 0.25) is 0 Å². The van der Waals surface area contributed by atoms with Gasteiger partial charge in [0.25, 0.3) is 0 Å². The van der Waals surface area contributed by atoms with E-state index in [0.29, 0.717) is 24.5 Å². The van der Waals surface area contributed by atoms with E-state index in [9.17, 15) is 13.2 Å². The smallest absolute Gasteiger partial charge is 0.363 e. The van der Waals surface area contributed by atoms with Gasteiger partial charge >= 0.3 is 6.18 Å². The van der Waals surface area contributed by atoms with Crippen LogP contribution in [-0.2, 0) is 17.3 Å². The molecule has 0 radical (unpaired) electrons. The molecule has 0 amide bonds. The van der Waals surface area contributed by atoms with Gasteiger partial charge in [0.15, 0.2) is 0 Å². The van der Waals surface area contributed by atoms with E-state index in [1.54, 1.807) is 6.07 Å². The minimum Gasteiger partial charge on any atom is -0.363 e. The van der Waals surface area contributed by atoms with Crippen LogP contribution < -0.4 is 5.32 Å². The Bertz CT molecular complexity index is 397. The molecule has 0 spiro atoms. The molecule has 0 bridgehead atoms. The summed E-state index contributed by atoms with van der Waals surface area (Å²) >= 11 is 0. The lowest BCUT2D eigenvalue weighted by molar-refractivity contribution is -0.137. The number of hydrogen-bond donors (Lipinski definition) is 1. The van der Waals surface area contributed by atoms with Crippen LogP contribution in [0.15, 0.2) is 24.3 Å². The standard InChI is InChI=1S/C13H16F3NO/c1-9-7-17-12(18-8-9)6-10-3-2-4-11(5-10)13(14,15)16/h2-5,9,12,17H,6-8H2,1H3. The van der Waals surface area contributed by atoms with Crippen molar-refractivity contribution in [1.29, 1.82) is 0 Å². The molecule has 2 atom stereocenters. The van der Waals surface area contributed by atoms with Gasteiger partial charge in [-0.1, -0.05) is 25.1 Å². The molecule has 1 aliphatic heterocycles. The first-order valence-electron chi connectivity index (χ1n) is 5.96. The molecule has 2 rings (SSSR count). The maximum Gasteiger partial charge on any atom is 0.416 e. The quantitative estimate of drug-likeness (QED) is 0.881. The van der Waals surface area contributed by atoms with Gasteiger partial charge in [-0.15, -0.1) is 0 Å². The van der Waals surface area contributed by atoms with Gasteiger partial charge < -0.3 is 4.74 Å². The van der Waals surface area contributed by atoms with Gasteiger partial charge in [-0.25, -0.2) is 0 Å². The zero-order valence-corrected chi connectivity index (χ0v) is 10.1. The minimum atomic E-state index is -4.29. The summed E-state index contributed by atoms with van der Waals surface area (Å²) in [6.07, 6.45) is -4.02. The van der Waals surface area contributed by atoms with Gasteiger partial charge in [0.1, 0.15) is 6.23 Å². The Balaban J connectivity index is 2.01. The van der Waals surface area contributed by atoms with Crippen molar-refractivity contribution in [1.82, 2.24) is 5.32 Å². The van der Waals surface area contributed by atoms with Crippen LogP contribution in [0.4, 0.5) is 13.2 Å². The fourth-order valence-electron chi connectivity index (χ4n) is 1.95. The van der Waals surface area contributed by atoms with E-state index >= 15 is 0 Å². The molecule has 2 nitrogen and oxygen atoms in total. The molecule has 1 aromatic carbocycles. The van der Waals surface area contributed by atoms with Gasteiger partial charge in [0, 0.05) is 13.0 Å². The Kier molecular flexibility index (Phi) is 3.92. The number of alkyl halides is 3. The summed E-state index contributed by atoms with van der Waals surface area (Å²) in [5, 5.41) is 3.17. The van der Waals surface area contributed by atoms with E-state index < -0.39 is 11.7 Å². The van der Waals surface area contributed by atoms with Crippen LogP contribution in [0, 0.1) is 5.92 Å². The number of benzene rings is 1. The van der Waals surface area contributed by atoms with E-state index in [1.807, 2.05) is 0 Å². The topological polar surface area (TPSA) is 21.3 Å².